The lowest BCUT2D eigenvalue weighted by Crippen LogP contribution is -2.26. The molecule has 0 heterocycles. The van der Waals surface area contributed by atoms with Crippen molar-refractivity contribution in [3.63, 3.8) is 0 Å². The van der Waals surface area contributed by atoms with E-state index in [1.54, 1.807) is 0 Å². The van der Waals surface area contributed by atoms with E-state index in [0.29, 0.717) is 12.0 Å². The first-order chi connectivity index (χ1) is 8.40. The van der Waals surface area contributed by atoms with Crippen LogP contribution >= 0.6 is 31.9 Å². The molecule has 1 aromatic rings. The molecule has 0 saturated heterocycles. The second kappa shape index (κ2) is 7.46. The molecule has 0 radical (unpaired) electrons. The molecule has 1 aromatic carbocycles. The van der Waals surface area contributed by atoms with E-state index >= 15 is 0 Å². The van der Waals surface area contributed by atoms with Crippen LogP contribution in [0.2, 0.25) is 0 Å². The molecule has 100 valence electrons. The van der Waals surface area contributed by atoms with Crippen molar-refractivity contribution >= 4 is 37.9 Å². The third-order valence-corrected chi connectivity index (χ3v) is 4.63. The SMILES string of the molecule is CC(C)NC/C(=C/c1ccc(Br)c(Br)c1)C(C)C. The molecular weight excluding hydrogens is 354 g/mol. The summed E-state index contributed by atoms with van der Waals surface area (Å²) in [6.45, 7) is 9.77. The molecule has 0 aromatic heterocycles. The maximum absolute atomic E-state index is 3.54. The molecule has 0 aliphatic heterocycles. The van der Waals surface area contributed by atoms with E-state index in [0.717, 1.165) is 15.5 Å². The second-order valence-corrected chi connectivity index (χ2v) is 6.79. The highest BCUT2D eigenvalue weighted by atomic mass is 79.9. The highest BCUT2D eigenvalue weighted by Crippen LogP contribution is 2.25. The van der Waals surface area contributed by atoms with Gasteiger partial charge in [0.1, 0.15) is 0 Å². The summed E-state index contributed by atoms with van der Waals surface area (Å²) < 4.78 is 2.18. The second-order valence-electron chi connectivity index (χ2n) is 5.08. The van der Waals surface area contributed by atoms with Crippen molar-refractivity contribution < 1.29 is 0 Å². The topological polar surface area (TPSA) is 12.0 Å². The van der Waals surface area contributed by atoms with Crippen LogP contribution in [0.4, 0.5) is 0 Å². The fraction of sp³-hybridized carbons (Fsp3) is 0.467. The average Bonchev–Trinajstić information content (AvgIpc) is 2.28. The Morgan fingerprint density at radius 1 is 1.17 bits per heavy atom. The monoisotopic (exact) mass is 373 g/mol. The Balaban J connectivity index is 2.89. The van der Waals surface area contributed by atoms with Crippen LogP contribution in [0.5, 0.6) is 0 Å². The van der Waals surface area contributed by atoms with E-state index < -0.39 is 0 Å². The van der Waals surface area contributed by atoms with E-state index in [9.17, 15) is 0 Å². The van der Waals surface area contributed by atoms with Crippen LogP contribution < -0.4 is 5.32 Å². The Kier molecular flexibility index (Phi) is 6.61. The van der Waals surface area contributed by atoms with E-state index in [1.165, 1.54) is 11.1 Å². The number of halogens is 2. The van der Waals surface area contributed by atoms with E-state index in [1.807, 2.05) is 0 Å². The van der Waals surface area contributed by atoms with Crippen molar-refractivity contribution in [2.24, 2.45) is 5.92 Å². The molecule has 0 atom stereocenters. The van der Waals surface area contributed by atoms with Gasteiger partial charge in [-0.25, -0.2) is 0 Å². The summed E-state index contributed by atoms with van der Waals surface area (Å²) in [4.78, 5) is 0. The Labute approximate surface area is 127 Å². The molecule has 0 aliphatic carbocycles. The molecule has 18 heavy (non-hydrogen) atoms. The largest absolute Gasteiger partial charge is 0.311 e. The molecule has 0 spiro atoms. The van der Waals surface area contributed by atoms with Crippen molar-refractivity contribution in [3.8, 4) is 0 Å². The van der Waals surface area contributed by atoms with Gasteiger partial charge in [0.15, 0.2) is 0 Å². The fourth-order valence-electron chi connectivity index (χ4n) is 1.56. The highest BCUT2D eigenvalue weighted by Gasteiger charge is 2.05. The first kappa shape index (κ1) is 15.9. The molecule has 1 rings (SSSR count). The van der Waals surface area contributed by atoms with Crippen LogP contribution in [0.15, 0.2) is 32.7 Å². The van der Waals surface area contributed by atoms with Crippen molar-refractivity contribution in [2.45, 2.75) is 33.7 Å². The van der Waals surface area contributed by atoms with Gasteiger partial charge in [0.2, 0.25) is 0 Å². The quantitative estimate of drug-likeness (QED) is 0.742. The van der Waals surface area contributed by atoms with Crippen molar-refractivity contribution in [1.29, 1.82) is 0 Å². The molecular formula is C15H21Br2N. The Hall–Kier alpha value is -0.120. The number of hydrogen-bond donors (Lipinski definition) is 1. The average molecular weight is 375 g/mol. The van der Waals surface area contributed by atoms with Gasteiger partial charge in [0.05, 0.1) is 0 Å². The summed E-state index contributed by atoms with van der Waals surface area (Å²) in [6.07, 6.45) is 2.28. The van der Waals surface area contributed by atoms with Crippen molar-refractivity contribution in [2.75, 3.05) is 6.54 Å². The Bertz CT molecular complexity index is 423. The predicted octanol–water partition coefficient (Wildman–Crippen LogP) is 5.25. The van der Waals surface area contributed by atoms with Gasteiger partial charge in [-0.1, -0.05) is 45.4 Å². The molecule has 0 amide bonds. The van der Waals surface area contributed by atoms with Crippen molar-refractivity contribution in [3.05, 3.63) is 38.3 Å². The first-order valence-electron chi connectivity index (χ1n) is 6.29. The summed E-state index contributed by atoms with van der Waals surface area (Å²) in [7, 11) is 0. The lowest BCUT2D eigenvalue weighted by atomic mass is 10.00. The molecule has 0 unspecified atom stereocenters. The van der Waals surface area contributed by atoms with Crippen LogP contribution in [0.1, 0.15) is 33.3 Å². The molecule has 1 N–H and O–H groups in total. The minimum Gasteiger partial charge on any atom is -0.311 e. The normalized spacial score (nSPS) is 12.6. The summed E-state index contributed by atoms with van der Waals surface area (Å²) in [5.41, 5.74) is 2.66. The van der Waals surface area contributed by atoms with Gasteiger partial charge in [-0.05, 0) is 55.5 Å². The Morgan fingerprint density at radius 2 is 1.83 bits per heavy atom. The molecule has 0 saturated carbocycles. The van der Waals surface area contributed by atoms with Gasteiger partial charge in [-0.3, -0.25) is 0 Å². The van der Waals surface area contributed by atoms with E-state index in [4.69, 9.17) is 0 Å². The summed E-state index contributed by atoms with van der Waals surface area (Å²) in [6, 6.07) is 6.86. The Morgan fingerprint density at radius 3 is 2.33 bits per heavy atom. The molecule has 3 heteroatoms. The van der Waals surface area contributed by atoms with E-state index in [2.05, 4.69) is 89.1 Å². The lowest BCUT2D eigenvalue weighted by molar-refractivity contribution is 0.593. The third kappa shape index (κ3) is 5.25. The van der Waals surface area contributed by atoms with Gasteiger partial charge in [-0.2, -0.15) is 0 Å². The lowest BCUT2D eigenvalue weighted by Gasteiger charge is -2.15. The number of nitrogens with one attached hydrogen (secondary N) is 1. The van der Waals surface area contributed by atoms with Gasteiger partial charge in [-0.15, -0.1) is 0 Å². The van der Waals surface area contributed by atoms with Crippen molar-refractivity contribution in [1.82, 2.24) is 5.32 Å². The maximum Gasteiger partial charge on any atom is 0.0323 e. The number of benzene rings is 1. The number of rotatable bonds is 5. The molecule has 0 bridgehead atoms. The zero-order valence-corrected chi connectivity index (χ0v) is 14.6. The molecule has 1 nitrogen and oxygen atoms in total. The minimum absolute atomic E-state index is 0.517. The van der Waals surface area contributed by atoms with Crippen LogP contribution in [-0.2, 0) is 0 Å². The number of hydrogen-bond acceptors (Lipinski definition) is 1. The van der Waals surface area contributed by atoms with Gasteiger partial charge in [0, 0.05) is 21.5 Å². The highest BCUT2D eigenvalue weighted by molar-refractivity contribution is 9.13. The van der Waals surface area contributed by atoms with Gasteiger partial charge in [0.25, 0.3) is 0 Å². The standard InChI is InChI=1S/C15H21Br2N/c1-10(2)13(9-18-11(3)4)7-12-5-6-14(16)15(17)8-12/h5-8,10-11,18H,9H2,1-4H3/b13-7-. The minimum atomic E-state index is 0.517. The van der Waals surface area contributed by atoms with Crippen LogP contribution in [-0.4, -0.2) is 12.6 Å². The zero-order chi connectivity index (χ0) is 13.7. The molecule has 0 fully saturated rings. The van der Waals surface area contributed by atoms with Crippen LogP contribution in [0.25, 0.3) is 6.08 Å². The first-order valence-corrected chi connectivity index (χ1v) is 7.87. The fourth-order valence-corrected chi connectivity index (χ4v) is 2.20. The predicted molar refractivity (Wildman–Crippen MR) is 87.8 cm³/mol. The van der Waals surface area contributed by atoms with Gasteiger partial charge < -0.3 is 5.32 Å². The molecule has 0 aliphatic rings. The maximum atomic E-state index is 3.54. The van der Waals surface area contributed by atoms with Crippen LogP contribution in [0, 0.1) is 5.92 Å². The van der Waals surface area contributed by atoms with Crippen LogP contribution in [0.3, 0.4) is 0 Å². The zero-order valence-electron chi connectivity index (χ0n) is 11.4. The summed E-state index contributed by atoms with van der Waals surface area (Å²) in [5.74, 6) is 0.554. The van der Waals surface area contributed by atoms with Gasteiger partial charge >= 0.3 is 0 Å². The van der Waals surface area contributed by atoms with E-state index in [-0.39, 0.29) is 0 Å². The summed E-state index contributed by atoms with van der Waals surface area (Å²) >= 11 is 7.04. The summed E-state index contributed by atoms with van der Waals surface area (Å²) in [5, 5.41) is 3.48. The smallest absolute Gasteiger partial charge is 0.0323 e. The third-order valence-electron chi connectivity index (χ3n) is 2.75.